The molecule has 0 bridgehead atoms. The van der Waals surface area contributed by atoms with E-state index in [1.54, 1.807) is 12.1 Å². The topological polar surface area (TPSA) is 37.3 Å². The number of nitrogens with one attached hydrogen (secondary N) is 1. The van der Waals surface area contributed by atoms with E-state index in [0.717, 1.165) is 22.5 Å². The van der Waals surface area contributed by atoms with Crippen LogP contribution in [0.25, 0.3) is 11.3 Å². The number of thiazole rings is 1. The highest BCUT2D eigenvalue weighted by Crippen LogP contribution is 2.26. The van der Waals surface area contributed by atoms with Crippen molar-refractivity contribution in [3.05, 3.63) is 70.3 Å². The van der Waals surface area contributed by atoms with Crippen molar-refractivity contribution in [1.82, 2.24) is 4.98 Å². The molecule has 0 amide bonds. The number of hydrogen-bond acceptors (Lipinski definition) is 4. The molecule has 1 N–H and O–H groups in total. The number of hydrogen-bond donors (Lipinski definition) is 1. The van der Waals surface area contributed by atoms with Crippen molar-refractivity contribution in [2.45, 2.75) is 6.92 Å². The average Bonchev–Trinajstić information content (AvgIpc) is 3.03. The van der Waals surface area contributed by atoms with Crippen LogP contribution in [0.1, 0.15) is 12.5 Å². The van der Waals surface area contributed by atoms with Crippen molar-refractivity contribution in [2.75, 3.05) is 5.43 Å². The number of anilines is 1. The summed E-state index contributed by atoms with van der Waals surface area (Å²) in [6.07, 6.45) is 0. The van der Waals surface area contributed by atoms with E-state index in [1.807, 2.05) is 36.6 Å². The van der Waals surface area contributed by atoms with Crippen molar-refractivity contribution >= 4 is 33.8 Å². The zero-order valence-electron chi connectivity index (χ0n) is 12.3. The summed E-state index contributed by atoms with van der Waals surface area (Å²) in [6, 6.07) is 13.7. The molecule has 0 atom stereocenters. The molecule has 0 saturated carbocycles. The quantitative estimate of drug-likeness (QED) is 0.505. The summed E-state index contributed by atoms with van der Waals surface area (Å²) in [5.74, 6) is -0.262. The predicted molar refractivity (Wildman–Crippen MR) is 94.8 cm³/mol. The molecule has 0 spiro atoms. The second kappa shape index (κ2) is 6.89. The van der Waals surface area contributed by atoms with E-state index in [4.69, 9.17) is 11.6 Å². The van der Waals surface area contributed by atoms with Gasteiger partial charge in [0.05, 0.1) is 11.4 Å². The Hall–Kier alpha value is -2.24. The number of halogens is 2. The highest BCUT2D eigenvalue weighted by Gasteiger charge is 2.04. The van der Waals surface area contributed by atoms with Crippen molar-refractivity contribution in [3.63, 3.8) is 0 Å². The molecular weight excluding hydrogens is 333 g/mol. The van der Waals surface area contributed by atoms with E-state index < -0.39 is 0 Å². The molecule has 0 unspecified atom stereocenters. The normalized spacial score (nSPS) is 11.5. The smallest absolute Gasteiger partial charge is 0.203 e. The summed E-state index contributed by atoms with van der Waals surface area (Å²) in [4.78, 5) is 4.49. The maximum absolute atomic E-state index is 12.9. The van der Waals surface area contributed by atoms with Gasteiger partial charge in [-0.25, -0.2) is 9.37 Å². The molecule has 0 aliphatic carbocycles. The van der Waals surface area contributed by atoms with E-state index in [0.29, 0.717) is 10.2 Å². The molecule has 3 rings (SSSR count). The van der Waals surface area contributed by atoms with E-state index in [9.17, 15) is 4.39 Å². The first-order chi connectivity index (χ1) is 11.1. The zero-order chi connectivity index (χ0) is 16.2. The Morgan fingerprint density at radius 3 is 2.52 bits per heavy atom. The summed E-state index contributed by atoms with van der Waals surface area (Å²) >= 11 is 7.35. The lowest BCUT2D eigenvalue weighted by Crippen LogP contribution is -1.99. The Labute approximate surface area is 142 Å². The number of aromatic nitrogens is 1. The summed E-state index contributed by atoms with van der Waals surface area (Å²) in [5.41, 5.74) is 6.41. The minimum atomic E-state index is -0.262. The molecule has 3 aromatic rings. The fourth-order valence-corrected chi connectivity index (χ4v) is 2.75. The molecule has 3 nitrogen and oxygen atoms in total. The molecular formula is C17H13ClFN3S. The second-order valence-electron chi connectivity index (χ2n) is 4.86. The van der Waals surface area contributed by atoms with Crippen LogP contribution in [0.4, 0.5) is 9.52 Å². The third-order valence-electron chi connectivity index (χ3n) is 3.23. The van der Waals surface area contributed by atoms with Gasteiger partial charge in [-0.3, -0.25) is 5.43 Å². The van der Waals surface area contributed by atoms with Gasteiger partial charge in [0.25, 0.3) is 0 Å². The lowest BCUT2D eigenvalue weighted by atomic mass is 10.1. The number of rotatable bonds is 4. The van der Waals surface area contributed by atoms with Gasteiger partial charge in [0.2, 0.25) is 5.13 Å². The third-order valence-corrected chi connectivity index (χ3v) is 4.22. The molecule has 0 radical (unpaired) electrons. The van der Waals surface area contributed by atoms with Crippen LogP contribution in [0.5, 0.6) is 0 Å². The van der Waals surface area contributed by atoms with Crippen LogP contribution in [-0.4, -0.2) is 10.7 Å². The standard InChI is InChI=1S/C17H13ClFN3S/c1-11(12-4-8-15(19)9-5-12)21-22-17-20-16(10-23-17)13-2-6-14(18)7-3-13/h2-10H,1H3,(H,20,22)/b21-11-. The molecule has 0 aliphatic heterocycles. The maximum Gasteiger partial charge on any atom is 0.203 e. The van der Waals surface area contributed by atoms with E-state index in [2.05, 4.69) is 15.5 Å². The Balaban J connectivity index is 1.72. The molecule has 2 aromatic carbocycles. The van der Waals surface area contributed by atoms with E-state index in [-0.39, 0.29) is 5.82 Å². The van der Waals surface area contributed by atoms with Crippen LogP contribution < -0.4 is 5.43 Å². The summed E-state index contributed by atoms with van der Waals surface area (Å²) in [7, 11) is 0. The highest BCUT2D eigenvalue weighted by molar-refractivity contribution is 7.14. The van der Waals surface area contributed by atoms with E-state index >= 15 is 0 Å². The summed E-state index contributed by atoms with van der Waals surface area (Å²) in [6.45, 7) is 1.86. The predicted octanol–water partition coefficient (Wildman–Crippen LogP) is 5.44. The van der Waals surface area contributed by atoms with E-state index in [1.165, 1.54) is 23.5 Å². The Morgan fingerprint density at radius 1 is 1.13 bits per heavy atom. The Kier molecular flexibility index (Phi) is 4.69. The summed E-state index contributed by atoms with van der Waals surface area (Å²) in [5, 5.41) is 7.63. The molecule has 0 aliphatic rings. The van der Waals surface area contributed by atoms with Gasteiger partial charge in [0.15, 0.2) is 0 Å². The monoisotopic (exact) mass is 345 g/mol. The van der Waals surface area contributed by atoms with Crippen molar-refractivity contribution in [1.29, 1.82) is 0 Å². The molecule has 6 heteroatoms. The van der Waals surface area contributed by atoms with Crippen LogP contribution in [0, 0.1) is 5.82 Å². The molecule has 0 fully saturated rings. The molecule has 0 saturated heterocycles. The van der Waals surface area contributed by atoms with Crippen LogP contribution in [0.15, 0.2) is 59.0 Å². The number of nitrogens with zero attached hydrogens (tertiary/aromatic N) is 2. The Bertz CT molecular complexity index is 826. The summed E-state index contributed by atoms with van der Waals surface area (Å²) < 4.78 is 12.9. The average molecular weight is 346 g/mol. The third kappa shape index (κ3) is 3.94. The highest BCUT2D eigenvalue weighted by atomic mass is 35.5. The lowest BCUT2D eigenvalue weighted by Gasteiger charge is -2.01. The zero-order valence-corrected chi connectivity index (χ0v) is 13.8. The second-order valence-corrected chi connectivity index (χ2v) is 6.16. The molecule has 23 heavy (non-hydrogen) atoms. The van der Waals surface area contributed by atoms with Gasteiger partial charge in [-0.05, 0) is 36.8 Å². The SMILES string of the molecule is C/C(=N/Nc1nc(-c2ccc(Cl)cc2)cs1)c1ccc(F)cc1. The van der Waals surface area contributed by atoms with Gasteiger partial charge >= 0.3 is 0 Å². The molecule has 116 valence electrons. The van der Waals surface area contributed by atoms with Gasteiger partial charge in [-0.2, -0.15) is 5.10 Å². The first-order valence-electron chi connectivity index (χ1n) is 6.89. The lowest BCUT2D eigenvalue weighted by molar-refractivity contribution is 0.628. The van der Waals surface area contributed by atoms with Crippen LogP contribution in [0.2, 0.25) is 5.02 Å². The van der Waals surface area contributed by atoms with Crippen LogP contribution >= 0.6 is 22.9 Å². The van der Waals surface area contributed by atoms with Crippen molar-refractivity contribution in [3.8, 4) is 11.3 Å². The fraction of sp³-hybridized carbons (Fsp3) is 0.0588. The van der Waals surface area contributed by atoms with Gasteiger partial charge < -0.3 is 0 Å². The van der Waals surface area contributed by atoms with Gasteiger partial charge in [-0.1, -0.05) is 35.9 Å². The first-order valence-corrected chi connectivity index (χ1v) is 8.15. The number of hydrazone groups is 1. The minimum absolute atomic E-state index is 0.262. The number of benzene rings is 2. The van der Waals surface area contributed by atoms with Gasteiger partial charge in [-0.15, -0.1) is 11.3 Å². The molecule has 1 aromatic heterocycles. The van der Waals surface area contributed by atoms with Crippen LogP contribution in [0.3, 0.4) is 0 Å². The van der Waals surface area contributed by atoms with Crippen molar-refractivity contribution in [2.24, 2.45) is 5.10 Å². The van der Waals surface area contributed by atoms with Gasteiger partial charge in [0.1, 0.15) is 5.82 Å². The maximum atomic E-state index is 12.9. The Morgan fingerprint density at radius 2 is 1.83 bits per heavy atom. The van der Waals surface area contributed by atoms with Crippen LogP contribution in [-0.2, 0) is 0 Å². The van der Waals surface area contributed by atoms with Crippen molar-refractivity contribution < 1.29 is 4.39 Å². The molecule has 1 heterocycles. The van der Waals surface area contributed by atoms with Gasteiger partial charge in [0, 0.05) is 16.0 Å². The fourth-order valence-electron chi connectivity index (χ4n) is 1.97. The first kappa shape index (κ1) is 15.6. The largest absolute Gasteiger partial charge is 0.252 e. The minimum Gasteiger partial charge on any atom is -0.252 e.